The van der Waals surface area contributed by atoms with Crippen molar-refractivity contribution in [2.75, 3.05) is 6.54 Å². The number of hydrogen-bond acceptors (Lipinski definition) is 3. The summed E-state index contributed by atoms with van der Waals surface area (Å²) >= 11 is 13.8. The molecule has 25 heavy (non-hydrogen) atoms. The highest BCUT2D eigenvalue weighted by molar-refractivity contribution is 7.13. The van der Waals surface area contributed by atoms with Gasteiger partial charge in [-0.25, -0.2) is 4.98 Å². The first-order valence-electron chi connectivity index (χ1n) is 8.57. The van der Waals surface area contributed by atoms with Crippen LogP contribution in [-0.2, 0) is 0 Å². The standard InChI is InChI=1S/C19H18Cl2N2OS/c20-14-8-3-7-13(17(14)21)18-22-15(11-25-18)19(24)23-10-4-6-12-5-1-2-9-16(12)23/h3,7-9,11-12H,1-2,4-6,10H2. The molecule has 1 aliphatic heterocycles. The van der Waals surface area contributed by atoms with Crippen LogP contribution in [-0.4, -0.2) is 22.3 Å². The molecule has 1 unspecified atom stereocenters. The minimum Gasteiger partial charge on any atom is -0.311 e. The number of aromatic nitrogens is 1. The van der Waals surface area contributed by atoms with Gasteiger partial charge in [0.15, 0.2) is 0 Å². The second-order valence-electron chi connectivity index (χ2n) is 6.50. The molecule has 2 aromatic rings. The summed E-state index contributed by atoms with van der Waals surface area (Å²) in [5.41, 5.74) is 2.47. The molecule has 0 bridgehead atoms. The zero-order valence-electron chi connectivity index (χ0n) is 13.7. The Morgan fingerprint density at radius 3 is 2.96 bits per heavy atom. The zero-order valence-corrected chi connectivity index (χ0v) is 16.0. The number of nitrogens with zero attached hydrogens (tertiary/aromatic N) is 2. The molecule has 6 heteroatoms. The molecule has 1 amide bonds. The molecule has 2 heterocycles. The van der Waals surface area contributed by atoms with E-state index in [9.17, 15) is 4.79 Å². The van der Waals surface area contributed by atoms with Crippen molar-refractivity contribution in [2.45, 2.75) is 32.1 Å². The van der Waals surface area contributed by atoms with E-state index in [1.54, 1.807) is 6.07 Å². The quantitative estimate of drug-likeness (QED) is 0.624. The largest absolute Gasteiger partial charge is 0.311 e. The predicted octanol–water partition coefficient (Wildman–Crippen LogP) is 6.04. The van der Waals surface area contributed by atoms with Crippen LogP contribution in [0, 0.1) is 5.92 Å². The topological polar surface area (TPSA) is 33.2 Å². The van der Waals surface area contributed by atoms with Crippen molar-refractivity contribution >= 4 is 40.4 Å². The lowest BCUT2D eigenvalue weighted by Gasteiger charge is -2.37. The SMILES string of the molecule is O=C(c1csc(-c2cccc(Cl)c2Cl)n1)N1CCCC2CCCC=C21. The lowest BCUT2D eigenvalue weighted by Crippen LogP contribution is -2.39. The molecule has 1 aliphatic carbocycles. The van der Waals surface area contributed by atoms with E-state index in [1.165, 1.54) is 36.3 Å². The number of benzene rings is 1. The van der Waals surface area contributed by atoms with E-state index in [1.807, 2.05) is 22.4 Å². The fraction of sp³-hybridized carbons (Fsp3) is 0.368. The minimum absolute atomic E-state index is 0.00139. The van der Waals surface area contributed by atoms with Crippen molar-refractivity contribution in [2.24, 2.45) is 5.92 Å². The van der Waals surface area contributed by atoms with Gasteiger partial charge in [0, 0.05) is 23.2 Å². The summed E-state index contributed by atoms with van der Waals surface area (Å²) < 4.78 is 0. The van der Waals surface area contributed by atoms with E-state index in [-0.39, 0.29) is 5.91 Å². The van der Waals surface area contributed by atoms with E-state index in [0.29, 0.717) is 21.7 Å². The molecule has 0 saturated carbocycles. The van der Waals surface area contributed by atoms with Gasteiger partial charge in [0.1, 0.15) is 10.7 Å². The van der Waals surface area contributed by atoms with Crippen molar-refractivity contribution in [3.63, 3.8) is 0 Å². The molecular formula is C19H18Cl2N2OS. The molecule has 0 spiro atoms. The number of piperidine rings is 1. The van der Waals surface area contributed by atoms with E-state index in [2.05, 4.69) is 11.1 Å². The van der Waals surface area contributed by atoms with Crippen molar-refractivity contribution in [3.05, 3.63) is 51.1 Å². The maximum absolute atomic E-state index is 13.0. The van der Waals surface area contributed by atoms with Crippen LogP contribution in [0.15, 0.2) is 35.4 Å². The Balaban J connectivity index is 1.62. The first-order valence-corrected chi connectivity index (χ1v) is 10.2. The lowest BCUT2D eigenvalue weighted by atomic mass is 9.85. The summed E-state index contributed by atoms with van der Waals surface area (Å²) in [5.74, 6) is 0.533. The molecule has 1 aromatic carbocycles. The van der Waals surface area contributed by atoms with Crippen molar-refractivity contribution < 1.29 is 4.79 Å². The number of likely N-dealkylation sites (tertiary alicyclic amines) is 1. The monoisotopic (exact) mass is 392 g/mol. The number of carbonyl (C=O) groups excluding carboxylic acids is 1. The van der Waals surface area contributed by atoms with Crippen molar-refractivity contribution in [3.8, 4) is 10.6 Å². The van der Waals surface area contributed by atoms with Crippen molar-refractivity contribution in [1.82, 2.24) is 9.88 Å². The van der Waals surface area contributed by atoms with Gasteiger partial charge < -0.3 is 4.90 Å². The maximum Gasteiger partial charge on any atom is 0.277 e. The molecule has 1 atom stereocenters. The minimum atomic E-state index is -0.00139. The summed E-state index contributed by atoms with van der Waals surface area (Å²) in [7, 11) is 0. The number of allylic oxidation sites excluding steroid dienone is 2. The van der Waals surface area contributed by atoms with Crippen LogP contribution in [0.3, 0.4) is 0 Å². The van der Waals surface area contributed by atoms with Crippen LogP contribution in [0.1, 0.15) is 42.6 Å². The molecule has 130 valence electrons. The highest BCUT2D eigenvalue weighted by atomic mass is 35.5. The highest BCUT2D eigenvalue weighted by Gasteiger charge is 2.31. The number of carbonyl (C=O) groups is 1. The highest BCUT2D eigenvalue weighted by Crippen LogP contribution is 2.37. The number of amides is 1. The molecule has 0 radical (unpaired) electrons. The fourth-order valence-electron chi connectivity index (χ4n) is 3.70. The second-order valence-corrected chi connectivity index (χ2v) is 8.14. The van der Waals surface area contributed by atoms with E-state index in [0.717, 1.165) is 30.0 Å². The third kappa shape index (κ3) is 3.23. The lowest BCUT2D eigenvalue weighted by molar-refractivity contribution is 0.0744. The molecule has 1 saturated heterocycles. The van der Waals surface area contributed by atoms with Crippen LogP contribution in [0.4, 0.5) is 0 Å². The number of rotatable bonds is 2. The molecule has 2 aliphatic rings. The van der Waals surface area contributed by atoms with Crippen LogP contribution in [0.2, 0.25) is 10.0 Å². The molecular weight excluding hydrogens is 375 g/mol. The molecule has 1 fully saturated rings. The third-order valence-electron chi connectivity index (χ3n) is 4.92. The van der Waals surface area contributed by atoms with Gasteiger partial charge >= 0.3 is 0 Å². The first kappa shape index (κ1) is 17.1. The van der Waals surface area contributed by atoms with Gasteiger partial charge in [-0.1, -0.05) is 41.4 Å². The molecule has 3 nitrogen and oxygen atoms in total. The predicted molar refractivity (Wildman–Crippen MR) is 103 cm³/mol. The Morgan fingerprint density at radius 1 is 1.24 bits per heavy atom. The Morgan fingerprint density at radius 2 is 2.08 bits per heavy atom. The number of halogens is 2. The number of thiazole rings is 1. The summed E-state index contributed by atoms with van der Waals surface area (Å²) in [6.45, 7) is 0.784. The Hall–Kier alpha value is -1.36. The Kier molecular flexibility index (Phi) is 4.85. The summed E-state index contributed by atoms with van der Waals surface area (Å²) in [5, 5.41) is 3.52. The average molecular weight is 393 g/mol. The molecule has 0 N–H and O–H groups in total. The maximum atomic E-state index is 13.0. The van der Waals surface area contributed by atoms with Crippen LogP contribution in [0.25, 0.3) is 10.6 Å². The van der Waals surface area contributed by atoms with Crippen LogP contribution < -0.4 is 0 Å². The van der Waals surface area contributed by atoms with E-state index >= 15 is 0 Å². The number of fused-ring (bicyclic) bond motifs is 1. The summed E-state index contributed by atoms with van der Waals surface area (Å²) in [6.07, 6.45) is 7.98. The van der Waals surface area contributed by atoms with E-state index in [4.69, 9.17) is 23.2 Å². The number of hydrogen-bond donors (Lipinski definition) is 0. The Labute approximate surface area is 161 Å². The smallest absolute Gasteiger partial charge is 0.277 e. The average Bonchev–Trinajstić information content (AvgIpc) is 3.13. The first-order chi connectivity index (χ1) is 12.1. The van der Waals surface area contributed by atoms with E-state index < -0.39 is 0 Å². The molecule has 4 rings (SSSR count). The van der Waals surface area contributed by atoms with Gasteiger partial charge in [-0.15, -0.1) is 11.3 Å². The van der Waals surface area contributed by atoms with Gasteiger partial charge in [-0.2, -0.15) is 0 Å². The van der Waals surface area contributed by atoms with Gasteiger partial charge in [0.2, 0.25) is 0 Å². The van der Waals surface area contributed by atoms with Gasteiger partial charge in [0.25, 0.3) is 5.91 Å². The second kappa shape index (κ2) is 7.10. The van der Waals surface area contributed by atoms with Gasteiger partial charge in [-0.05, 0) is 44.1 Å². The van der Waals surface area contributed by atoms with Gasteiger partial charge in [0.05, 0.1) is 10.0 Å². The van der Waals surface area contributed by atoms with Crippen LogP contribution >= 0.6 is 34.5 Å². The van der Waals surface area contributed by atoms with Gasteiger partial charge in [-0.3, -0.25) is 4.79 Å². The molecule has 1 aromatic heterocycles. The fourth-order valence-corrected chi connectivity index (χ4v) is 4.97. The zero-order chi connectivity index (χ0) is 17.4. The van der Waals surface area contributed by atoms with Crippen LogP contribution in [0.5, 0.6) is 0 Å². The van der Waals surface area contributed by atoms with Crippen molar-refractivity contribution in [1.29, 1.82) is 0 Å². The third-order valence-corrected chi connectivity index (χ3v) is 6.62. The summed E-state index contributed by atoms with van der Waals surface area (Å²) in [6, 6.07) is 5.47. The normalized spacial score (nSPS) is 20.2. The summed E-state index contributed by atoms with van der Waals surface area (Å²) in [4.78, 5) is 19.5. The Bertz CT molecular complexity index is 846.